The van der Waals surface area contributed by atoms with E-state index in [-0.39, 0.29) is 12.6 Å². The summed E-state index contributed by atoms with van der Waals surface area (Å²) in [5, 5.41) is 11.0. The van der Waals surface area contributed by atoms with Gasteiger partial charge >= 0.3 is 0 Å². The Kier molecular flexibility index (Phi) is 4.25. The van der Waals surface area contributed by atoms with Crippen LogP contribution in [0.4, 0.5) is 5.69 Å². The molecule has 0 radical (unpaired) electrons. The van der Waals surface area contributed by atoms with Crippen molar-refractivity contribution in [3.8, 4) is 5.75 Å². The van der Waals surface area contributed by atoms with Gasteiger partial charge in [0.25, 0.3) is 11.7 Å². The molecule has 0 saturated carbocycles. The third-order valence-corrected chi connectivity index (χ3v) is 3.89. The van der Waals surface area contributed by atoms with E-state index >= 15 is 0 Å². The van der Waals surface area contributed by atoms with Crippen LogP contribution in [-0.4, -0.2) is 35.3 Å². The zero-order chi connectivity index (χ0) is 18.8. The van der Waals surface area contributed by atoms with Gasteiger partial charge in [0.2, 0.25) is 5.82 Å². The number of amides is 1. The minimum absolute atomic E-state index is 0.0352. The predicted octanol–water partition coefficient (Wildman–Crippen LogP) is 2.23. The lowest BCUT2D eigenvalue weighted by atomic mass is 10.1. The Morgan fingerprint density at radius 2 is 2.19 bits per heavy atom. The van der Waals surface area contributed by atoms with Crippen molar-refractivity contribution in [2.45, 2.75) is 20.6 Å². The van der Waals surface area contributed by atoms with Gasteiger partial charge in [-0.3, -0.25) is 4.79 Å². The van der Waals surface area contributed by atoms with Crippen molar-refractivity contribution >= 4 is 17.4 Å². The summed E-state index contributed by atoms with van der Waals surface area (Å²) in [6, 6.07) is 7.69. The van der Waals surface area contributed by atoms with Gasteiger partial charge in [-0.2, -0.15) is 10.1 Å². The standard InChI is InChI=1S/C18H17N7O2/c1-12-4-5-15(13(2)8-12)27-11-24-10-14(9-20-24)21-17(26)16-22-18-19-6-3-7-25(18)23-16/h3-10H,11H2,1-2H3,(H,21,26). The van der Waals surface area contributed by atoms with E-state index < -0.39 is 5.91 Å². The number of carbonyl (C=O) groups is 1. The van der Waals surface area contributed by atoms with Gasteiger partial charge in [-0.05, 0) is 31.5 Å². The van der Waals surface area contributed by atoms with Gasteiger partial charge in [0.05, 0.1) is 18.1 Å². The van der Waals surface area contributed by atoms with E-state index in [9.17, 15) is 4.79 Å². The van der Waals surface area contributed by atoms with Crippen molar-refractivity contribution in [3.05, 3.63) is 66.0 Å². The molecule has 3 heterocycles. The van der Waals surface area contributed by atoms with Crippen molar-refractivity contribution in [2.75, 3.05) is 5.32 Å². The number of benzene rings is 1. The molecule has 0 aliphatic heterocycles. The van der Waals surface area contributed by atoms with Crippen LogP contribution in [0, 0.1) is 13.8 Å². The van der Waals surface area contributed by atoms with Crippen molar-refractivity contribution < 1.29 is 9.53 Å². The maximum atomic E-state index is 12.3. The quantitative estimate of drug-likeness (QED) is 0.584. The van der Waals surface area contributed by atoms with Gasteiger partial charge in [0, 0.05) is 12.4 Å². The van der Waals surface area contributed by atoms with E-state index in [2.05, 4.69) is 31.5 Å². The fraction of sp³-hybridized carbons (Fsp3) is 0.167. The lowest BCUT2D eigenvalue weighted by Crippen LogP contribution is -2.13. The van der Waals surface area contributed by atoms with Crippen LogP contribution in [0.2, 0.25) is 0 Å². The molecule has 0 bridgehead atoms. The van der Waals surface area contributed by atoms with Crippen molar-refractivity contribution in [1.82, 2.24) is 29.4 Å². The molecule has 9 heteroatoms. The van der Waals surface area contributed by atoms with Crippen LogP contribution in [0.5, 0.6) is 5.75 Å². The third-order valence-electron chi connectivity index (χ3n) is 3.89. The third kappa shape index (κ3) is 3.61. The van der Waals surface area contributed by atoms with Gasteiger partial charge in [-0.15, -0.1) is 5.10 Å². The average Bonchev–Trinajstić information content (AvgIpc) is 3.27. The largest absolute Gasteiger partial charge is 0.471 e. The second kappa shape index (κ2) is 6.87. The Morgan fingerprint density at radius 3 is 3.00 bits per heavy atom. The number of aromatic nitrogens is 6. The molecular formula is C18H17N7O2. The zero-order valence-corrected chi connectivity index (χ0v) is 14.8. The summed E-state index contributed by atoms with van der Waals surface area (Å²) in [4.78, 5) is 20.4. The minimum Gasteiger partial charge on any atom is -0.471 e. The number of aryl methyl sites for hydroxylation is 2. The van der Waals surface area contributed by atoms with Gasteiger partial charge in [-0.1, -0.05) is 17.7 Å². The molecule has 27 heavy (non-hydrogen) atoms. The van der Waals surface area contributed by atoms with Gasteiger partial charge in [-0.25, -0.2) is 14.2 Å². The van der Waals surface area contributed by atoms with Crippen LogP contribution in [0.3, 0.4) is 0 Å². The van der Waals surface area contributed by atoms with Crippen LogP contribution >= 0.6 is 0 Å². The number of fused-ring (bicyclic) bond motifs is 1. The highest BCUT2D eigenvalue weighted by atomic mass is 16.5. The molecule has 136 valence electrons. The topological polar surface area (TPSA) is 99.2 Å². The first kappa shape index (κ1) is 16.7. The molecule has 4 rings (SSSR count). The van der Waals surface area contributed by atoms with Crippen molar-refractivity contribution in [1.29, 1.82) is 0 Å². The van der Waals surface area contributed by atoms with Crippen molar-refractivity contribution in [2.24, 2.45) is 0 Å². The first-order valence-corrected chi connectivity index (χ1v) is 8.30. The monoisotopic (exact) mass is 363 g/mol. The van der Waals surface area contributed by atoms with E-state index in [1.165, 1.54) is 16.3 Å². The Morgan fingerprint density at radius 1 is 1.30 bits per heavy atom. The Bertz CT molecular complexity index is 1080. The number of hydrogen-bond donors (Lipinski definition) is 1. The highest BCUT2D eigenvalue weighted by Gasteiger charge is 2.14. The number of rotatable bonds is 5. The van der Waals surface area contributed by atoms with Gasteiger partial charge < -0.3 is 10.1 Å². The molecule has 1 N–H and O–H groups in total. The summed E-state index contributed by atoms with van der Waals surface area (Å²) in [7, 11) is 0. The van der Waals surface area contributed by atoms with Crippen LogP contribution < -0.4 is 10.1 Å². The average molecular weight is 363 g/mol. The molecule has 9 nitrogen and oxygen atoms in total. The summed E-state index contributed by atoms with van der Waals surface area (Å²) >= 11 is 0. The number of carbonyl (C=O) groups excluding carboxylic acids is 1. The Hall–Kier alpha value is -3.75. The molecule has 3 aromatic heterocycles. The molecule has 1 amide bonds. The number of anilines is 1. The lowest BCUT2D eigenvalue weighted by molar-refractivity contribution is 0.101. The maximum absolute atomic E-state index is 12.3. The van der Waals surface area contributed by atoms with E-state index in [1.54, 1.807) is 29.3 Å². The van der Waals surface area contributed by atoms with E-state index in [4.69, 9.17) is 4.74 Å². The lowest BCUT2D eigenvalue weighted by Gasteiger charge is -2.09. The predicted molar refractivity (Wildman–Crippen MR) is 97.5 cm³/mol. The molecule has 0 aliphatic rings. The SMILES string of the molecule is Cc1ccc(OCn2cc(NC(=O)c3nc4ncccn4n3)cn2)c(C)c1. The maximum Gasteiger partial charge on any atom is 0.295 e. The summed E-state index contributed by atoms with van der Waals surface area (Å²) in [6.45, 7) is 4.26. The van der Waals surface area contributed by atoms with Gasteiger partial charge in [0.1, 0.15) is 5.75 Å². The highest BCUT2D eigenvalue weighted by Crippen LogP contribution is 2.19. The molecule has 0 spiro atoms. The number of ether oxygens (including phenoxy) is 1. The highest BCUT2D eigenvalue weighted by molar-refractivity contribution is 6.01. The van der Waals surface area contributed by atoms with Crippen molar-refractivity contribution in [3.63, 3.8) is 0 Å². The number of nitrogens with zero attached hydrogens (tertiary/aromatic N) is 6. The zero-order valence-electron chi connectivity index (χ0n) is 14.8. The van der Waals surface area contributed by atoms with Crippen LogP contribution in [0.1, 0.15) is 21.7 Å². The fourth-order valence-corrected chi connectivity index (χ4v) is 2.61. The van der Waals surface area contributed by atoms with Crippen LogP contribution in [0.15, 0.2) is 49.1 Å². The molecule has 0 unspecified atom stereocenters. The fourth-order valence-electron chi connectivity index (χ4n) is 2.61. The molecule has 0 aliphatic carbocycles. The second-order valence-corrected chi connectivity index (χ2v) is 6.06. The minimum atomic E-state index is -0.435. The summed E-state index contributed by atoms with van der Waals surface area (Å²) in [5.41, 5.74) is 2.76. The first-order chi connectivity index (χ1) is 13.1. The van der Waals surface area contributed by atoms with E-state index in [0.717, 1.165) is 11.3 Å². The molecule has 4 aromatic rings. The molecule has 0 saturated heterocycles. The summed E-state index contributed by atoms with van der Waals surface area (Å²) in [6.07, 6.45) is 6.48. The second-order valence-electron chi connectivity index (χ2n) is 6.06. The smallest absolute Gasteiger partial charge is 0.295 e. The molecular weight excluding hydrogens is 346 g/mol. The van der Waals surface area contributed by atoms with Gasteiger partial charge in [0.15, 0.2) is 6.73 Å². The molecule has 0 atom stereocenters. The normalized spacial score (nSPS) is 10.9. The summed E-state index contributed by atoms with van der Waals surface area (Å²) in [5.74, 6) is 0.756. The molecule has 1 aromatic carbocycles. The van der Waals surface area contributed by atoms with Crippen LogP contribution in [-0.2, 0) is 6.73 Å². The first-order valence-electron chi connectivity index (χ1n) is 8.30. The number of nitrogens with one attached hydrogen (secondary N) is 1. The van der Waals surface area contributed by atoms with E-state index in [0.29, 0.717) is 11.5 Å². The molecule has 0 fully saturated rings. The number of hydrogen-bond acceptors (Lipinski definition) is 6. The Balaban J connectivity index is 1.40. The van der Waals surface area contributed by atoms with E-state index in [1.807, 2.05) is 26.0 Å². The summed E-state index contributed by atoms with van der Waals surface area (Å²) < 4.78 is 8.80. The van der Waals surface area contributed by atoms with Crippen LogP contribution in [0.25, 0.3) is 5.78 Å². The Labute approximate surface area is 154 Å².